The summed E-state index contributed by atoms with van der Waals surface area (Å²) in [7, 11) is 0. The third-order valence-electron chi connectivity index (χ3n) is 1.82. The third kappa shape index (κ3) is 3.94. The molecule has 16 heavy (non-hydrogen) atoms. The molecule has 0 aliphatic rings. The molecule has 1 rings (SSSR count). The van der Waals surface area contributed by atoms with E-state index in [0.29, 0.717) is 12.1 Å². The summed E-state index contributed by atoms with van der Waals surface area (Å²) in [5, 5.41) is 2.94. The molecule has 0 radical (unpaired) electrons. The van der Waals surface area contributed by atoms with Gasteiger partial charge in [-0.1, -0.05) is 23.3 Å². The van der Waals surface area contributed by atoms with Gasteiger partial charge in [0.15, 0.2) is 0 Å². The smallest absolute Gasteiger partial charge is 0.254 e. The molecule has 1 heterocycles. The lowest BCUT2D eigenvalue weighted by molar-refractivity contribution is 0.0957. The molecule has 1 amide bonds. The number of allylic oxidation sites excluding steroid dienone is 1. The lowest BCUT2D eigenvalue weighted by Gasteiger charge is -2.04. The number of pyridine rings is 1. The van der Waals surface area contributed by atoms with Gasteiger partial charge in [0, 0.05) is 17.2 Å². The number of nitrogens with zero attached hydrogens (tertiary/aromatic N) is 1. The average Bonchev–Trinajstić information content (AvgIpc) is 2.21. The number of hydrogen-bond acceptors (Lipinski definition) is 2. The van der Waals surface area contributed by atoms with Crippen molar-refractivity contribution in [3.63, 3.8) is 0 Å². The lowest BCUT2D eigenvalue weighted by Crippen LogP contribution is -2.24. The first kappa shape index (κ1) is 13.2. The molecule has 1 N–H and O–H groups in total. The van der Waals surface area contributed by atoms with Crippen molar-refractivity contribution in [2.75, 3.05) is 6.54 Å². The van der Waals surface area contributed by atoms with Crippen LogP contribution in [-0.2, 0) is 0 Å². The molecule has 0 saturated carbocycles. The maximum atomic E-state index is 11.7. The van der Waals surface area contributed by atoms with Crippen LogP contribution in [0.4, 0.5) is 0 Å². The molecule has 1 aromatic rings. The van der Waals surface area contributed by atoms with Gasteiger partial charge in [-0.05, 0) is 35.8 Å². The van der Waals surface area contributed by atoms with Crippen molar-refractivity contribution in [2.45, 2.75) is 13.8 Å². The molecule has 86 valence electrons. The largest absolute Gasteiger partial charge is 0.348 e. The van der Waals surface area contributed by atoms with Crippen molar-refractivity contribution in [3.8, 4) is 0 Å². The van der Waals surface area contributed by atoms with Crippen molar-refractivity contribution in [2.24, 2.45) is 0 Å². The van der Waals surface area contributed by atoms with E-state index < -0.39 is 0 Å². The van der Waals surface area contributed by atoms with Gasteiger partial charge in [0.1, 0.15) is 5.15 Å². The molecule has 0 unspecified atom stereocenters. The summed E-state index contributed by atoms with van der Waals surface area (Å²) in [5.41, 5.74) is 1.52. The molecule has 0 aromatic carbocycles. The summed E-state index contributed by atoms with van der Waals surface area (Å²) in [6.07, 6.45) is 3.48. The molecule has 1 aromatic heterocycles. The first-order chi connectivity index (χ1) is 7.50. The molecule has 3 nitrogen and oxygen atoms in total. The first-order valence-electron chi connectivity index (χ1n) is 4.73. The van der Waals surface area contributed by atoms with Gasteiger partial charge >= 0.3 is 0 Å². The number of rotatable bonds is 3. The first-order valence-corrected chi connectivity index (χ1v) is 5.90. The Hall–Kier alpha value is -0.870. The van der Waals surface area contributed by atoms with Crippen LogP contribution in [0.2, 0.25) is 5.15 Å². The van der Waals surface area contributed by atoms with E-state index in [0.717, 1.165) is 10.0 Å². The summed E-state index contributed by atoms with van der Waals surface area (Å²) in [5.74, 6) is -0.226. The van der Waals surface area contributed by atoms with Gasteiger partial charge in [-0.3, -0.25) is 4.79 Å². The Morgan fingerprint density at radius 3 is 2.94 bits per heavy atom. The topological polar surface area (TPSA) is 42.0 Å². The number of aromatic nitrogens is 1. The van der Waals surface area contributed by atoms with Gasteiger partial charge in [0.25, 0.3) is 5.91 Å². The van der Waals surface area contributed by atoms with E-state index in [9.17, 15) is 4.79 Å². The standard InChI is InChI=1S/C11H12BrClN2O/c1-7(2)3-4-14-11(16)9-5-8(12)6-15-10(9)13/h3,5-6H,4H2,1-2H3,(H,14,16). The van der Waals surface area contributed by atoms with Crippen LogP contribution in [0.25, 0.3) is 0 Å². The molecule has 0 fully saturated rings. The highest BCUT2D eigenvalue weighted by molar-refractivity contribution is 9.10. The molecule has 5 heteroatoms. The van der Waals surface area contributed by atoms with Crippen LogP contribution >= 0.6 is 27.5 Å². The van der Waals surface area contributed by atoms with Crippen LogP contribution in [-0.4, -0.2) is 17.4 Å². The number of hydrogen-bond donors (Lipinski definition) is 1. The average molecular weight is 304 g/mol. The number of carbonyl (C=O) groups is 1. The molecule has 0 spiro atoms. The van der Waals surface area contributed by atoms with Gasteiger partial charge in [0.05, 0.1) is 5.56 Å². The quantitative estimate of drug-likeness (QED) is 0.688. The van der Waals surface area contributed by atoms with E-state index in [1.54, 1.807) is 12.3 Å². The molecule has 0 bridgehead atoms. The Balaban J connectivity index is 2.73. The normalized spacial score (nSPS) is 9.75. The second kappa shape index (κ2) is 6.01. The Morgan fingerprint density at radius 1 is 1.62 bits per heavy atom. The van der Waals surface area contributed by atoms with E-state index in [-0.39, 0.29) is 11.1 Å². The number of nitrogens with one attached hydrogen (secondary N) is 1. The van der Waals surface area contributed by atoms with Crippen LogP contribution in [0.3, 0.4) is 0 Å². The predicted octanol–water partition coefficient (Wildman–Crippen LogP) is 3.19. The number of amides is 1. The Morgan fingerprint density at radius 2 is 2.31 bits per heavy atom. The summed E-state index contributed by atoms with van der Waals surface area (Å²) >= 11 is 9.07. The third-order valence-corrected chi connectivity index (χ3v) is 2.56. The zero-order chi connectivity index (χ0) is 12.1. The maximum Gasteiger partial charge on any atom is 0.254 e. The zero-order valence-corrected chi connectivity index (χ0v) is 11.4. The molecule has 0 aliphatic carbocycles. The molecule has 0 atom stereocenters. The minimum atomic E-state index is -0.226. The zero-order valence-electron chi connectivity index (χ0n) is 9.05. The second-order valence-electron chi connectivity index (χ2n) is 3.48. The monoisotopic (exact) mass is 302 g/mol. The Kier molecular flexibility index (Phi) is 4.96. The summed E-state index contributed by atoms with van der Waals surface area (Å²) in [6, 6.07) is 1.65. The lowest BCUT2D eigenvalue weighted by atomic mass is 10.2. The highest BCUT2D eigenvalue weighted by atomic mass is 79.9. The van der Waals surface area contributed by atoms with Crippen LogP contribution in [0, 0.1) is 0 Å². The highest BCUT2D eigenvalue weighted by Gasteiger charge is 2.10. The van der Waals surface area contributed by atoms with Crippen molar-refractivity contribution >= 4 is 33.4 Å². The summed E-state index contributed by atoms with van der Waals surface area (Å²) in [6.45, 7) is 4.43. The van der Waals surface area contributed by atoms with Crippen LogP contribution in [0.5, 0.6) is 0 Å². The molecule has 0 saturated heterocycles. The van der Waals surface area contributed by atoms with E-state index >= 15 is 0 Å². The van der Waals surface area contributed by atoms with Crippen molar-refractivity contribution in [1.82, 2.24) is 10.3 Å². The molecule has 0 aliphatic heterocycles. The fourth-order valence-corrected chi connectivity index (χ4v) is 1.55. The van der Waals surface area contributed by atoms with Crippen LogP contribution < -0.4 is 5.32 Å². The predicted molar refractivity (Wildman–Crippen MR) is 68.7 cm³/mol. The van der Waals surface area contributed by atoms with E-state index in [4.69, 9.17) is 11.6 Å². The highest BCUT2D eigenvalue weighted by Crippen LogP contribution is 2.17. The molecular weight excluding hydrogens is 291 g/mol. The summed E-state index contributed by atoms with van der Waals surface area (Å²) < 4.78 is 0.726. The van der Waals surface area contributed by atoms with E-state index in [1.807, 2.05) is 19.9 Å². The van der Waals surface area contributed by atoms with Crippen molar-refractivity contribution in [3.05, 3.63) is 39.1 Å². The fraction of sp³-hybridized carbons (Fsp3) is 0.273. The van der Waals surface area contributed by atoms with Gasteiger partial charge < -0.3 is 5.32 Å². The number of carbonyl (C=O) groups excluding carboxylic acids is 1. The number of halogens is 2. The second-order valence-corrected chi connectivity index (χ2v) is 4.76. The minimum Gasteiger partial charge on any atom is -0.348 e. The van der Waals surface area contributed by atoms with E-state index in [2.05, 4.69) is 26.2 Å². The Bertz CT molecular complexity index is 428. The fourth-order valence-electron chi connectivity index (χ4n) is 1.02. The summed E-state index contributed by atoms with van der Waals surface area (Å²) in [4.78, 5) is 15.6. The van der Waals surface area contributed by atoms with Crippen LogP contribution in [0.15, 0.2) is 28.4 Å². The van der Waals surface area contributed by atoms with Crippen molar-refractivity contribution < 1.29 is 4.79 Å². The van der Waals surface area contributed by atoms with Gasteiger partial charge in [-0.25, -0.2) is 4.98 Å². The van der Waals surface area contributed by atoms with Gasteiger partial charge in [0.2, 0.25) is 0 Å². The Labute approximate surface area is 108 Å². The van der Waals surface area contributed by atoms with Gasteiger partial charge in [-0.2, -0.15) is 0 Å². The maximum absolute atomic E-state index is 11.7. The van der Waals surface area contributed by atoms with Crippen molar-refractivity contribution in [1.29, 1.82) is 0 Å². The molecular formula is C11H12BrClN2O. The minimum absolute atomic E-state index is 0.206. The SMILES string of the molecule is CC(C)=CCNC(=O)c1cc(Br)cnc1Cl. The van der Waals surface area contributed by atoms with Crippen LogP contribution in [0.1, 0.15) is 24.2 Å². The van der Waals surface area contributed by atoms with Gasteiger partial charge in [-0.15, -0.1) is 0 Å². The van der Waals surface area contributed by atoms with E-state index in [1.165, 1.54) is 0 Å².